The van der Waals surface area contributed by atoms with Crippen molar-refractivity contribution in [1.82, 2.24) is 9.97 Å². The highest BCUT2D eigenvalue weighted by Crippen LogP contribution is 2.21. The van der Waals surface area contributed by atoms with E-state index in [-0.39, 0.29) is 12.6 Å². The van der Waals surface area contributed by atoms with Crippen LogP contribution in [-0.4, -0.2) is 34.8 Å². The van der Waals surface area contributed by atoms with Crippen LogP contribution in [0.25, 0.3) is 11.3 Å². The summed E-state index contributed by atoms with van der Waals surface area (Å²) in [5.41, 5.74) is 1.87. The zero-order valence-corrected chi connectivity index (χ0v) is 11.1. The lowest BCUT2D eigenvalue weighted by molar-refractivity contribution is 0.281. The Bertz CT molecular complexity index is 530. The summed E-state index contributed by atoms with van der Waals surface area (Å²) < 4.78 is 0. The molecular formula is C14H18N4O. The maximum atomic E-state index is 9.08. The predicted octanol–water partition coefficient (Wildman–Crippen LogP) is 1.98. The molecule has 0 radical (unpaired) electrons. The van der Waals surface area contributed by atoms with Gasteiger partial charge in [-0.25, -0.2) is 4.98 Å². The Kier molecular flexibility index (Phi) is 4.30. The molecule has 2 aromatic rings. The quantitative estimate of drug-likeness (QED) is 0.765. The lowest BCUT2D eigenvalue weighted by Crippen LogP contribution is -2.21. The molecule has 3 N–H and O–H groups in total. The molecule has 0 aliphatic heterocycles. The molecule has 100 valence electrons. The van der Waals surface area contributed by atoms with Crippen LogP contribution in [0.3, 0.4) is 0 Å². The minimum atomic E-state index is -0.0873. The summed E-state index contributed by atoms with van der Waals surface area (Å²) in [5, 5.41) is 15.2. The molecule has 0 aliphatic carbocycles. The number of aliphatic hydroxyl groups excluding tert-OH is 1. The highest BCUT2D eigenvalue weighted by molar-refractivity contribution is 5.64. The van der Waals surface area contributed by atoms with Gasteiger partial charge in [-0.3, -0.25) is 0 Å². The van der Waals surface area contributed by atoms with Gasteiger partial charge in [-0.05, 0) is 6.92 Å². The van der Waals surface area contributed by atoms with Crippen molar-refractivity contribution in [2.24, 2.45) is 0 Å². The second-order valence-corrected chi connectivity index (χ2v) is 4.31. The van der Waals surface area contributed by atoms with Crippen LogP contribution in [0.4, 0.5) is 11.8 Å². The number of anilines is 2. The van der Waals surface area contributed by atoms with Crippen molar-refractivity contribution < 1.29 is 5.11 Å². The second kappa shape index (κ2) is 6.15. The van der Waals surface area contributed by atoms with E-state index in [0.29, 0.717) is 5.95 Å². The average Bonchev–Trinajstić information content (AvgIpc) is 2.47. The molecule has 2 rings (SSSR count). The Morgan fingerprint density at radius 3 is 2.58 bits per heavy atom. The fraction of sp³-hybridized carbons (Fsp3) is 0.286. The molecule has 5 heteroatoms. The number of nitrogens with zero attached hydrogens (tertiary/aromatic N) is 2. The highest BCUT2D eigenvalue weighted by atomic mass is 16.3. The number of hydrogen-bond donors (Lipinski definition) is 3. The molecule has 0 saturated carbocycles. The third kappa shape index (κ3) is 3.42. The Morgan fingerprint density at radius 2 is 1.95 bits per heavy atom. The first-order chi connectivity index (χ1) is 9.22. The first-order valence-electron chi connectivity index (χ1n) is 6.22. The summed E-state index contributed by atoms with van der Waals surface area (Å²) in [5.74, 6) is 1.24. The number of aliphatic hydroxyl groups is 1. The molecule has 0 saturated heterocycles. The molecular weight excluding hydrogens is 240 g/mol. The van der Waals surface area contributed by atoms with Crippen LogP contribution in [0.5, 0.6) is 0 Å². The van der Waals surface area contributed by atoms with Crippen molar-refractivity contribution in [2.75, 3.05) is 24.3 Å². The average molecular weight is 258 g/mol. The van der Waals surface area contributed by atoms with Crippen LogP contribution in [0.2, 0.25) is 0 Å². The largest absolute Gasteiger partial charge is 0.394 e. The van der Waals surface area contributed by atoms with Gasteiger partial charge in [0.05, 0.1) is 12.3 Å². The molecule has 0 unspecified atom stereocenters. The van der Waals surface area contributed by atoms with Crippen LogP contribution in [0.15, 0.2) is 36.4 Å². The van der Waals surface area contributed by atoms with E-state index in [4.69, 9.17) is 5.11 Å². The van der Waals surface area contributed by atoms with Gasteiger partial charge in [-0.1, -0.05) is 30.3 Å². The lowest BCUT2D eigenvalue weighted by Gasteiger charge is -2.13. The zero-order chi connectivity index (χ0) is 13.7. The minimum absolute atomic E-state index is 0.0355. The van der Waals surface area contributed by atoms with Gasteiger partial charge >= 0.3 is 0 Å². The Balaban J connectivity index is 2.36. The summed E-state index contributed by atoms with van der Waals surface area (Å²) in [6.07, 6.45) is 0. The fourth-order valence-electron chi connectivity index (χ4n) is 1.66. The van der Waals surface area contributed by atoms with Gasteiger partial charge in [-0.2, -0.15) is 4.98 Å². The molecule has 1 atom stereocenters. The van der Waals surface area contributed by atoms with E-state index in [1.807, 2.05) is 50.4 Å². The maximum Gasteiger partial charge on any atom is 0.225 e. The lowest BCUT2D eigenvalue weighted by atomic mass is 10.1. The standard InChI is InChI=1S/C14H18N4O/c1-10(9-19)16-14-17-12(8-13(15-2)18-14)11-6-4-3-5-7-11/h3-8,10,19H,9H2,1-2H3,(H2,15,16,17,18)/t10-/m0/s1. The van der Waals surface area contributed by atoms with Gasteiger partial charge in [0.15, 0.2) is 0 Å². The van der Waals surface area contributed by atoms with E-state index in [2.05, 4.69) is 20.6 Å². The van der Waals surface area contributed by atoms with E-state index in [9.17, 15) is 0 Å². The monoisotopic (exact) mass is 258 g/mol. The highest BCUT2D eigenvalue weighted by Gasteiger charge is 2.08. The summed E-state index contributed by atoms with van der Waals surface area (Å²) in [6.45, 7) is 1.91. The third-order valence-corrected chi connectivity index (χ3v) is 2.70. The van der Waals surface area contributed by atoms with Crippen molar-refractivity contribution in [2.45, 2.75) is 13.0 Å². The third-order valence-electron chi connectivity index (χ3n) is 2.70. The van der Waals surface area contributed by atoms with E-state index < -0.39 is 0 Å². The van der Waals surface area contributed by atoms with E-state index in [1.165, 1.54) is 0 Å². The number of nitrogens with one attached hydrogen (secondary N) is 2. The first-order valence-corrected chi connectivity index (χ1v) is 6.22. The van der Waals surface area contributed by atoms with Crippen LogP contribution in [-0.2, 0) is 0 Å². The summed E-state index contributed by atoms with van der Waals surface area (Å²) in [7, 11) is 1.82. The molecule has 1 heterocycles. The van der Waals surface area contributed by atoms with Crippen LogP contribution >= 0.6 is 0 Å². The predicted molar refractivity (Wildman–Crippen MR) is 77.2 cm³/mol. The summed E-state index contributed by atoms with van der Waals surface area (Å²) >= 11 is 0. The van der Waals surface area contributed by atoms with E-state index in [0.717, 1.165) is 17.1 Å². The molecule has 19 heavy (non-hydrogen) atoms. The molecule has 1 aromatic carbocycles. The number of benzene rings is 1. The van der Waals surface area contributed by atoms with Gasteiger partial charge in [-0.15, -0.1) is 0 Å². The van der Waals surface area contributed by atoms with Gasteiger partial charge in [0.1, 0.15) is 5.82 Å². The van der Waals surface area contributed by atoms with Crippen molar-refractivity contribution in [3.8, 4) is 11.3 Å². The van der Waals surface area contributed by atoms with Gasteiger partial charge in [0, 0.05) is 24.7 Å². The Hall–Kier alpha value is -2.14. The molecule has 1 aromatic heterocycles. The zero-order valence-electron chi connectivity index (χ0n) is 11.1. The van der Waals surface area contributed by atoms with Gasteiger partial charge < -0.3 is 15.7 Å². The van der Waals surface area contributed by atoms with Crippen LogP contribution < -0.4 is 10.6 Å². The number of aromatic nitrogens is 2. The fourth-order valence-corrected chi connectivity index (χ4v) is 1.66. The molecule has 5 nitrogen and oxygen atoms in total. The van der Waals surface area contributed by atoms with Crippen LogP contribution in [0.1, 0.15) is 6.92 Å². The molecule has 0 bridgehead atoms. The van der Waals surface area contributed by atoms with Crippen molar-refractivity contribution in [3.05, 3.63) is 36.4 Å². The van der Waals surface area contributed by atoms with Crippen molar-refractivity contribution in [3.63, 3.8) is 0 Å². The normalized spacial score (nSPS) is 11.9. The summed E-state index contributed by atoms with van der Waals surface area (Å²) in [6, 6.07) is 11.7. The topological polar surface area (TPSA) is 70.1 Å². The molecule has 0 aliphatic rings. The molecule has 0 spiro atoms. The van der Waals surface area contributed by atoms with Crippen LogP contribution in [0, 0.1) is 0 Å². The van der Waals surface area contributed by atoms with E-state index >= 15 is 0 Å². The molecule has 0 fully saturated rings. The number of rotatable bonds is 5. The van der Waals surface area contributed by atoms with E-state index in [1.54, 1.807) is 0 Å². The maximum absolute atomic E-state index is 9.08. The number of hydrogen-bond acceptors (Lipinski definition) is 5. The molecule has 0 amide bonds. The smallest absolute Gasteiger partial charge is 0.225 e. The first kappa shape index (κ1) is 13.3. The van der Waals surface area contributed by atoms with Crippen molar-refractivity contribution >= 4 is 11.8 Å². The summed E-state index contributed by atoms with van der Waals surface area (Å²) in [4.78, 5) is 8.79. The SMILES string of the molecule is CNc1cc(-c2ccccc2)nc(N[C@@H](C)CO)n1. The van der Waals surface area contributed by atoms with Gasteiger partial charge in [0.25, 0.3) is 0 Å². The van der Waals surface area contributed by atoms with Crippen molar-refractivity contribution in [1.29, 1.82) is 0 Å². The minimum Gasteiger partial charge on any atom is -0.394 e. The van der Waals surface area contributed by atoms with Gasteiger partial charge in [0.2, 0.25) is 5.95 Å². The second-order valence-electron chi connectivity index (χ2n) is 4.31. The Morgan fingerprint density at radius 1 is 1.21 bits per heavy atom. The Labute approximate surface area is 112 Å².